The van der Waals surface area contributed by atoms with E-state index in [1.165, 1.54) is 25.7 Å². The van der Waals surface area contributed by atoms with Gasteiger partial charge in [0.2, 0.25) is 0 Å². The lowest BCUT2D eigenvalue weighted by molar-refractivity contribution is 0.0472. The van der Waals surface area contributed by atoms with Crippen molar-refractivity contribution >= 4 is 0 Å². The first kappa shape index (κ1) is 14.7. The normalized spacial score (nSPS) is 28.6. The maximum absolute atomic E-state index is 6.06. The Morgan fingerprint density at radius 1 is 1.14 bits per heavy atom. The van der Waals surface area contributed by atoms with Crippen molar-refractivity contribution in [3.63, 3.8) is 0 Å². The average molecular weight is 290 g/mol. The topological polar surface area (TPSA) is 33.7 Å². The van der Waals surface area contributed by atoms with Crippen LogP contribution in [0.15, 0.2) is 24.3 Å². The maximum atomic E-state index is 6.06. The van der Waals surface area contributed by atoms with E-state index in [0.29, 0.717) is 18.7 Å². The van der Waals surface area contributed by atoms with Crippen molar-refractivity contribution in [3.05, 3.63) is 24.3 Å². The summed E-state index contributed by atoms with van der Waals surface area (Å²) in [6, 6.07) is 9.31. The summed E-state index contributed by atoms with van der Waals surface area (Å²) in [6.45, 7) is 1.58. The Morgan fingerprint density at radius 2 is 1.86 bits per heavy atom. The van der Waals surface area contributed by atoms with E-state index in [9.17, 15) is 0 Å². The second kappa shape index (κ2) is 6.67. The Morgan fingerprint density at radius 3 is 2.57 bits per heavy atom. The van der Waals surface area contributed by atoms with E-state index in [1.54, 1.807) is 0 Å². The number of nitrogens with one attached hydrogen (secondary N) is 1. The van der Waals surface area contributed by atoms with Crippen LogP contribution in [0.1, 0.15) is 25.7 Å². The molecule has 3 rings (SSSR count). The first-order valence-corrected chi connectivity index (χ1v) is 8.02. The van der Waals surface area contributed by atoms with Crippen LogP contribution in [0.2, 0.25) is 0 Å². The van der Waals surface area contributed by atoms with Crippen LogP contribution in [0.3, 0.4) is 0 Å². The Hall–Kier alpha value is -1.26. The summed E-state index contributed by atoms with van der Waals surface area (Å²) in [4.78, 5) is 2.45. The van der Waals surface area contributed by atoms with Gasteiger partial charge in [-0.15, -0.1) is 0 Å². The van der Waals surface area contributed by atoms with Crippen LogP contribution in [0.4, 0.5) is 0 Å². The first-order chi connectivity index (χ1) is 10.3. The zero-order chi connectivity index (χ0) is 14.7. The first-order valence-electron chi connectivity index (χ1n) is 8.02. The quantitative estimate of drug-likeness (QED) is 0.922. The molecule has 0 spiro atoms. The lowest BCUT2D eigenvalue weighted by Crippen LogP contribution is -2.46. The van der Waals surface area contributed by atoms with Crippen LogP contribution in [0.25, 0.3) is 0 Å². The minimum absolute atomic E-state index is 0.131. The number of benzene rings is 1. The van der Waals surface area contributed by atoms with E-state index in [-0.39, 0.29) is 6.10 Å². The molecule has 1 aliphatic heterocycles. The highest BCUT2D eigenvalue weighted by atomic mass is 16.6. The average Bonchev–Trinajstić information content (AvgIpc) is 2.55. The van der Waals surface area contributed by atoms with Gasteiger partial charge in [0.1, 0.15) is 12.7 Å². The minimum Gasteiger partial charge on any atom is -0.486 e. The Labute approximate surface area is 127 Å². The van der Waals surface area contributed by atoms with Gasteiger partial charge in [-0.3, -0.25) is 4.90 Å². The lowest BCUT2D eigenvalue weighted by Gasteiger charge is -2.37. The third kappa shape index (κ3) is 3.50. The summed E-state index contributed by atoms with van der Waals surface area (Å²) >= 11 is 0. The molecule has 1 aromatic rings. The maximum Gasteiger partial charge on any atom is 0.161 e. The van der Waals surface area contributed by atoms with Gasteiger partial charge < -0.3 is 14.8 Å². The second-order valence-corrected chi connectivity index (χ2v) is 6.23. The van der Waals surface area contributed by atoms with Gasteiger partial charge in [0.25, 0.3) is 0 Å². The number of rotatable bonds is 4. The number of hydrogen-bond donors (Lipinski definition) is 1. The molecule has 1 fully saturated rings. The highest BCUT2D eigenvalue weighted by molar-refractivity contribution is 5.40. The largest absolute Gasteiger partial charge is 0.486 e. The van der Waals surface area contributed by atoms with E-state index in [2.05, 4.69) is 24.3 Å². The van der Waals surface area contributed by atoms with Crippen molar-refractivity contribution in [3.8, 4) is 11.5 Å². The molecule has 1 heterocycles. The second-order valence-electron chi connectivity index (χ2n) is 6.23. The molecule has 0 saturated heterocycles. The molecule has 1 aromatic carbocycles. The van der Waals surface area contributed by atoms with Gasteiger partial charge in [-0.05, 0) is 51.9 Å². The van der Waals surface area contributed by atoms with Gasteiger partial charge in [0, 0.05) is 18.6 Å². The van der Waals surface area contributed by atoms with Crippen LogP contribution >= 0.6 is 0 Å². The van der Waals surface area contributed by atoms with Crippen LogP contribution in [0.5, 0.6) is 11.5 Å². The molecule has 0 bridgehead atoms. The van der Waals surface area contributed by atoms with E-state index in [1.807, 2.05) is 24.3 Å². The lowest BCUT2D eigenvalue weighted by atomic mass is 9.90. The fourth-order valence-electron chi connectivity index (χ4n) is 3.43. The fourth-order valence-corrected chi connectivity index (χ4v) is 3.43. The molecular weight excluding hydrogens is 264 g/mol. The summed E-state index contributed by atoms with van der Waals surface area (Å²) in [5.74, 6) is 1.74. The van der Waals surface area contributed by atoms with Gasteiger partial charge in [0.05, 0.1) is 0 Å². The van der Waals surface area contributed by atoms with Gasteiger partial charge in [-0.2, -0.15) is 0 Å². The van der Waals surface area contributed by atoms with Crippen LogP contribution in [0, 0.1) is 0 Å². The third-order valence-electron chi connectivity index (χ3n) is 4.79. The molecule has 1 saturated carbocycles. The highest BCUT2D eigenvalue weighted by Crippen LogP contribution is 2.31. The van der Waals surface area contributed by atoms with Gasteiger partial charge in [-0.25, -0.2) is 0 Å². The smallest absolute Gasteiger partial charge is 0.161 e. The summed E-state index contributed by atoms with van der Waals surface area (Å²) in [5, 5.41) is 3.39. The molecule has 1 atom stereocenters. The predicted octanol–water partition coefficient (Wildman–Crippen LogP) is 2.29. The van der Waals surface area contributed by atoms with E-state index in [0.717, 1.165) is 18.0 Å². The predicted molar refractivity (Wildman–Crippen MR) is 84.1 cm³/mol. The van der Waals surface area contributed by atoms with E-state index in [4.69, 9.17) is 9.47 Å². The van der Waals surface area contributed by atoms with E-state index < -0.39 is 0 Å². The Bertz CT molecular complexity index is 458. The van der Waals surface area contributed by atoms with Crippen LogP contribution in [-0.2, 0) is 0 Å². The van der Waals surface area contributed by atoms with E-state index >= 15 is 0 Å². The molecule has 0 radical (unpaired) electrons. The Kier molecular flexibility index (Phi) is 4.66. The molecule has 21 heavy (non-hydrogen) atoms. The summed E-state index contributed by atoms with van der Waals surface area (Å²) in [7, 11) is 4.29. The molecule has 0 amide bonds. The zero-order valence-corrected chi connectivity index (χ0v) is 13.0. The summed E-state index contributed by atoms with van der Waals surface area (Å²) < 4.78 is 11.9. The van der Waals surface area contributed by atoms with Crippen LogP contribution in [-0.4, -0.2) is 50.3 Å². The number of nitrogens with zero attached hydrogens (tertiary/aromatic N) is 1. The molecule has 116 valence electrons. The van der Waals surface area contributed by atoms with Crippen molar-refractivity contribution < 1.29 is 9.47 Å². The SMILES string of the molecule is CNC1CCC(N(C)CC2COc3ccccc3O2)CC1. The van der Waals surface area contributed by atoms with Crippen molar-refractivity contribution in [2.75, 3.05) is 27.2 Å². The Balaban J connectivity index is 1.51. The molecule has 0 aromatic heterocycles. The molecular formula is C17H26N2O2. The molecule has 4 nitrogen and oxygen atoms in total. The van der Waals surface area contributed by atoms with Gasteiger partial charge in [0.15, 0.2) is 11.5 Å². The number of para-hydroxylation sites is 2. The third-order valence-corrected chi connectivity index (χ3v) is 4.79. The number of hydrogen-bond acceptors (Lipinski definition) is 4. The summed E-state index contributed by atoms with van der Waals surface area (Å²) in [5.41, 5.74) is 0. The number of fused-ring (bicyclic) bond motifs is 1. The number of ether oxygens (including phenoxy) is 2. The highest BCUT2D eigenvalue weighted by Gasteiger charge is 2.27. The minimum atomic E-state index is 0.131. The van der Waals surface area contributed by atoms with Crippen molar-refractivity contribution in [2.45, 2.75) is 43.9 Å². The molecule has 4 heteroatoms. The van der Waals surface area contributed by atoms with Crippen molar-refractivity contribution in [1.82, 2.24) is 10.2 Å². The monoisotopic (exact) mass is 290 g/mol. The van der Waals surface area contributed by atoms with Crippen molar-refractivity contribution in [2.24, 2.45) is 0 Å². The zero-order valence-electron chi connectivity index (χ0n) is 13.0. The summed E-state index contributed by atoms with van der Waals surface area (Å²) in [6.07, 6.45) is 5.22. The molecule has 2 aliphatic rings. The standard InChI is InChI=1S/C17H26N2O2/c1-18-13-7-9-14(10-8-13)19(2)11-15-12-20-16-5-3-4-6-17(16)21-15/h3-6,13-15,18H,7-12H2,1-2H3. The molecule has 1 N–H and O–H groups in total. The van der Waals surface area contributed by atoms with Gasteiger partial charge in [-0.1, -0.05) is 12.1 Å². The van der Waals surface area contributed by atoms with Gasteiger partial charge >= 0.3 is 0 Å². The number of likely N-dealkylation sites (N-methyl/N-ethyl adjacent to an activating group) is 1. The molecule has 1 aliphatic carbocycles. The molecule has 1 unspecified atom stereocenters. The van der Waals surface area contributed by atoms with Crippen LogP contribution < -0.4 is 14.8 Å². The van der Waals surface area contributed by atoms with Crippen molar-refractivity contribution in [1.29, 1.82) is 0 Å². The fraction of sp³-hybridized carbons (Fsp3) is 0.647.